The SMILES string of the molecule is C=C[C@H](O[Si](C)(C)C)[C@H](C)[C@H](O[Si](C)(C)C(C)(C)C)[C@@H](C)C(=O)N(C)OC. The minimum Gasteiger partial charge on any atom is -0.413 e. The second kappa shape index (κ2) is 9.83. The van der Waals surface area contributed by atoms with E-state index in [1.54, 1.807) is 7.05 Å². The maximum atomic E-state index is 12.8. The number of carbonyl (C=O) groups excluding carboxylic acids is 1. The van der Waals surface area contributed by atoms with Crippen molar-refractivity contribution in [3.05, 3.63) is 12.7 Å². The van der Waals surface area contributed by atoms with E-state index in [4.69, 9.17) is 13.7 Å². The van der Waals surface area contributed by atoms with Crippen molar-refractivity contribution in [3.8, 4) is 0 Å². The van der Waals surface area contributed by atoms with Crippen LogP contribution in [0.2, 0.25) is 37.8 Å². The number of carbonyl (C=O) groups is 1. The molecule has 0 aliphatic carbocycles. The molecule has 0 aromatic heterocycles. The minimum absolute atomic E-state index is 0.00689. The van der Waals surface area contributed by atoms with Crippen LogP contribution in [0.3, 0.4) is 0 Å². The fraction of sp³-hybridized carbons (Fsp3) is 0.850. The molecule has 1 amide bonds. The van der Waals surface area contributed by atoms with Crippen LogP contribution in [0.15, 0.2) is 12.7 Å². The monoisotopic (exact) mass is 417 g/mol. The van der Waals surface area contributed by atoms with Gasteiger partial charge in [-0.05, 0) is 37.8 Å². The van der Waals surface area contributed by atoms with Crippen LogP contribution >= 0.6 is 0 Å². The van der Waals surface area contributed by atoms with E-state index in [1.165, 1.54) is 12.2 Å². The maximum Gasteiger partial charge on any atom is 0.251 e. The third kappa shape index (κ3) is 7.81. The average Bonchev–Trinajstić information content (AvgIpc) is 2.52. The Hall–Kier alpha value is -0.476. The predicted molar refractivity (Wildman–Crippen MR) is 119 cm³/mol. The molecule has 4 atom stereocenters. The van der Waals surface area contributed by atoms with Crippen LogP contribution in [-0.4, -0.2) is 54.0 Å². The zero-order chi connectivity index (χ0) is 21.8. The van der Waals surface area contributed by atoms with Crippen molar-refractivity contribution in [1.29, 1.82) is 0 Å². The van der Waals surface area contributed by atoms with E-state index in [-0.39, 0.29) is 35.0 Å². The Morgan fingerprint density at radius 2 is 1.56 bits per heavy atom. The summed E-state index contributed by atoms with van der Waals surface area (Å²) in [5.74, 6) is -0.455. The Labute approximate surface area is 169 Å². The number of hydroxylamine groups is 2. The second-order valence-electron chi connectivity index (χ2n) is 9.94. The van der Waals surface area contributed by atoms with E-state index in [2.05, 4.69) is 67.0 Å². The smallest absolute Gasteiger partial charge is 0.251 e. The van der Waals surface area contributed by atoms with Crippen molar-refractivity contribution >= 4 is 22.5 Å². The fourth-order valence-electron chi connectivity index (χ4n) is 2.66. The Morgan fingerprint density at radius 3 is 1.89 bits per heavy atom. The molecule has 0 saturated carbocycles. The van der Waals surface area contributed by atoms with Crippen molar-refractivity contribution < 1.29 is 18.5 Å². The molecule has 0 spiro atoms. The molecular formula is C20H43NO4Si2. The summed E-state index contributed by atoms with van der Waals surface area (Å²) in [5, 5.41) is 1.33. The van der Waals surface area contributed by atoms with E-state index in [0.29, 0.717) is 0 Å². The first-order chi connectivity index (χ1) is 12.0. The van der Waals surface area contributed by atoms with E-state index in [0.717, 1.165) is 0 Å². The van der Waals surface area contributed by atoms with Gasteiger partial charge in [-0.2, -0.15) is 0 Å². The largest absolute Gasteiger partial charge is 0.413 e. The van der Waals surface area contributed by atoms with Crippen LogP contribution in [0.1, 0.15) is 34.6 Å². The molecule has 0 heterocycles. The molecule has 0 radical (unpaired) electrons. The molecule has 0 saturated heterocycles. The molecule has 0 rings (SSSR count). The highest BCUT2D eigenvalue weighted by molar-refractivity contribution is 6.74. The summed E-state index contributed by atoms with van der Waals surface area (Å²) in [4.78, 5) is 18.0. The quantitative estimate of drug-likeness (QED) is 0.283. The normalized spacial score (nSPS) is 17.8. The summed E-state index contributed by atoms with van der Waals surface area (Å²) in [7, 11) is -0.729. The van der Waals surface area contributed by atoms with Gasteiger partial charge in [-0.1, -0.05) is 40.7 Å². The zero-order valence-corrected chi connectivity index (χ0v) is 21.7. The topological polar surface area (TPSA) is 48.0 Å². The van der Waals surface area contributed by atoms with E-state index in [9.17, 15) is 4.79 Å². The van der Waals surface area contributed by atoms with Gasteiger partial charge in [0.05, 0.1) is 25.2 Å². The second-order valence-corrected chi connectivity index (χ2v) is 19.2. The number of hydrogen-bond acceptors (Lipinski definition) is 4. The van der Waals surface area contributed by atoms with Crippen LogP contribution in [-0.2, 0) is 18.5 Å². The predicted octanol–water partition coefficient (Wildman–Crippen LogP) is 5.07. The van der Waals surface area contributed by atoms with Gasteiger partial charge in [0.1, 0.15) is 0 Å². The molecule has 5 nitrogen and oxygen atoms in total. The molecule has 160 valence electrons. The van der Waals surface area contributed by atoms with Crippen LogP contribution in [0.25, 0.3) is 0 Å². The van der Waals surface area contributed by atoms with E-state index < -0.39 is 16.6 Å². The molecule has 0 fully saturated rings. The Bertz CT molecular complexity index is 497. The van der Waals surface area contributed by atoms with Gasteiger partial charge in [0.15, 0.2) is 16.6 Å². The third-order valence-corrected chi connectivity index (χ3v) is 10.9. The van der Waals surface area contributed by atoms with Crippen LogP contribution in [0.4, 0.5) is 0 Å². The van der Waals surface area contributed by atoms with Crippen molar-refractivity contribution in [2.24, 2.45) is 11.8 Å². The summed E-state index contributed by atoms with van der Waals surface area (Å²) in [6, 6.07) is 0. The number of amides is 1. The van der Waals surface area contributed by atoms with Crippen molar-refractivity contribution in [2.45, 2.75) is 84.6 Å². The number of rotatable bonds is 10. The maximum absolute atomic E-state index is 12.8. The van der Waals surface area contributed by atoms with E-state index >= 15 is 0 Å². The van der Waals surface area contributed by atoms with Gasteiger partial charge in [-0.25, -0.2) is 5.06 Å². The number of hydrogen-bond donors (Lipinski definition) is 0. The Kier molecular flexibility index (Phi) is 9.65. The van der Waals surface area contributed by atoms with Crippen LogP contribution in [0, 0.1) is 11.8 Å². The van der Waals surface area contributed by atoms with Gasteiger partial charge < -0.3 is 8.85 Å². The Morgan fingerprint density at radius 1 is 1.07 bits per heavy atom. The van der Waals surface area contributed by atoms with Crippen molar-refractivity contribution in [1.82, 2.24) is 5.06 Å². The standard InChI is InChI=1S/C20H43NO4Si2/c1-14-17(24-26(9,10)11)15(2)18(16(3)19(22)21(7)23-8)25-27(12,13)20(4,5)6/h14-18H,1H2,2-13H3/t15-,16+,17-,18-/m0/s1. The molecule has 0 aromatic rings. The molecule has 27 heavy (non-hydrogen) atoms. The Balaban J connectivity index is 5.89. The summed E-state index contributed by atoms with van der Waals surface area (Å²) in [6.45, 7) is 25.5. The molecule has 0 unspecified atom stereocenters. The average molecular weight is 418 g/mol. The van der Waals surface area contributed by atoms with Gasteiger partial charge in [-0.15, -0.1) is 6.58 Å². The summed E-state index contributed by atoms with van der Waals surface area (Å²) in [5.41, 5.74) is 0. The molecule has 0 aromatic carbocycles. The highest BCUT2D eigenvalue weighted by Gasteiger charge is 2.44. The first-order valence-electron chi connectivity index (χ1n) is 9.78. The van der Waals surface area contributed by atoms with E-state index in [1.807, 2.05) is 13.0 Å². The lowest BCUT2D eigenvalue weighted by molar-refractivity contribution is -0.177. The highest BCUT2D eigenvalue weighted by Crippen LogP contribution is 2.40. The molecule has 7 heteroatoms. The summed E-state index contributed by atoms with van der Waals surface area (Å²) < 4.78 is 13.1. The van der Waals surface area contributed by atoms with Gasteiger partial charge in [0, 0.05) is 13.0 Å². The molecule has 0 aliphatic rings. The third-order valence-electron chi connectivity index (χ3n) is 5.46. The summed E-state index contributed by atoms with van der Waals surface area (Å²) >= 11 is 0. The van der Waals surface area contributed by atoms with Crippen molar-refractivity contribution in [3.63, 3.8) is 0 Å². The lowest BCUT2D eigenvalue weighted by atomic mass is 9.89. The molecular weight excluding hydrogens is 374 g/mol. The number of nitrogens with zero attached hydrogens (tertiary/aromatic N) is 1. The minimum atomic E-state index is -2.09. The highest BCUT2D eigenvalue weighted by atomic mass is 28.4. The summed E-state index contributed by atoms with van der Waals surface area (Å²) in [6.07, 6.45) is 1.41. The van der Waals surface area contributed by atoms with Gasteiger partial charge in [0.2, 0.25) is 0 Å². The van der Waals surface area contributed by atoms with Gasteiger partial charge >= 0.3 is 0 Å². The zero-order valence-electron chi connectivity index (χ0n) is 19.7. The lowest BCUT2D eigenvalue weighted by Gasteiger charge is -2.44. The van der Waals surface area contributed by atoms with Crippen molar-refractivity contribution in [2.75, 3.05) is 14.2 Å². The molecule has 0 bridgehead atoms. The molecule has 0 aliphatic heterocycles. The lowest BCUT2D eigenvalue weighted by Crippen LogP contribution is -2.52. The van der Waals surface area contributed by atoms with Crippen LogP contribution < -0.4 is 0 Å². The van der Waals surface area contributed by atoms with Crippen LogP contribution in [0.5, 0.6) is 0 Å². The first-order valence-corrected chi connectivity index (χ1v) is 16.1. The fourth-order valence-corrected chi connectivity index (χ4v) is 5.24. The van der Waals surface area contributed by atoms with Gasteiger partial charge in [-0.3, -0.25) is 9.63 Å². The first kappa shape index (κ1) is 26.5. The van der Waals surface area contributed by atoms with Gasteiger partial charge in [0.25, 0.3) is 5.91 Å². The molecule has 0 N–H and O–H groups in total.